The topological polar surface area (TPSA) is 52.7 Å². The summed E-state index contributed by atoms with van der Waals surface area (Å²) in [4.78, 5) is 5.30. The van der Waals surface area contributed by atoms with Gasteiger partial charge in [-0.2, -0.15) is 0 Å². The Bertz CT molecular complexity index is 444. The summed E-state index contributed by atoms with van der Waals surface area (Å²) < 4.78 is 0. The summed E-state index contributed by atoms with van der Waals surface area (Å²) in [5, 5.41) is 8.96. The van der Waals surface area contributed by atoms with Crippen LogP contribution in [-0.2, 0) is 13.0 Å². The number of β-amino-alcohol motifs (C(OH)–C–C–N with tert-alkyl or cyclic N) is 1. The molecule has 2 rings (SSSR count). The van der Waals surface area contributed by atoms with E-state index in [-0.39, 0.29) is 6.61 Å². The molecule has 0 bridgehead atoms. The van der Waals surface area contributed by atoms with Gasteiger partial charge in [0.25, 0.3) is 0 Å². The summed E-state index contributed by atoms with van der Waals surface area (Å²) in [5.41, 5.74) is 8.22. The van der Waals surface area contributed by atoms with Crippen LogP contribution in [0.2, 0.25) is 0 Å². The number of rotatable bonds is 6. The van der Waals surface area contributed by atoms with Crippen LogP contribution < -0.4 is 5.73 Å². The third kappa shape index (κ3) is 4.52. The minimum atomic E-state index is 0.247. The highest BCUT2D eigenvalue weighted by Crippen LogP contribution is 2.14. The van der Waals surface area contributed by atoms with Gasteiger partial charge in [0.05, 0.1) is 11.6 Å². The van der Waals surface area contributed by atoms with E-state index in [1.165, 1.54) is 11.1 Å². The van der Waals surface area contributed by atoms with E-state index in [0.29, 0.717) is 11.4 Å². The van der Waals surface area contributed by atoms with E-state index >= 15 is 0 Å². The van der Waals surface area contributed by atoms with Crippen molar-refractivity contribution in [2.45, 2.75) is 13.0 Å². The molecular formula is C15H23N3OS. The maximum atomic E-state index is 8.96. The summed E-state index contributed by atoms with van der Waals surface area (Å²) in [6.07, 6.45) is 0.677. The smallest absolute Gasteiger partial charge is 0.0771 e. The van der Waals surface area contributed by atoms with E-state index < -0.39 is 0 Å². The average molecular weight is 293 g/mol. The minimum absolute atomic E-state index is 0.247. The predicted molar refractivity (Wildman–Crippen MR) is 85.7 cm³/mol. The Balaban J connectivity index is 1.92. The lowest BCUT2D eigenvalue weighted by Crippen LogP contribution is -2.46. The first-order chi connectivity index (χ1) is 9.69. The molecule has 3 N–H and O–H groups in total. The first-order valence-electron chi connectivity index (χ1n) is 7.09. The molecule has 1 fully saturated rings. The normalized spacial score (nSPS) is 17.2. The van der Waals surface area contributed by atoms with Gasteiger partial charge in [0.2, 0.25) is 0 Å². The molecule has 1 aliphatic heterocycles. The molecule has 5 heteroatoms. The molecule has 0 atom stereocenters. The number of piperazine rings is 1. The van der Waals surface area contributed by atoms with Crippen molar-refractivity contribution >= 4 is 17.2 Å². The quantitative estimate of drug-likeness (QED) is 0.753. The number of hydrogen-bond donors (Lipinski definition) is 2. The van der Waals surface area contributed by atoms with E-state index in [0.717, 1.165) is 39.3 Å². The Labute approximate surface area is 126 Å². The van der Waals surface area contributed by atoms with Gasteiger partial charge in [-0.15, -0.1) is 0 Å². The van der Waals surface area contributed by atoms with Crippen LogP contribution in [0.25, 0.3) is 0 Å². The monoisotopic (exact) mass is 293 g/mol. The van der Waals surface area contributed by atoms with E-state index in [9.17, 15) is 0 Å². The number of thiocarbonyl (C=S) groups is 1. The molecular weight excluding hydrogens is 270 g/mol. The lowest BCUT2D eigenvalue weighted by Gasteiger charge is -2.34. The summed E-state index contributed by atoms with van der Waals surface area (Å²) in [5.74, 6) is 0. The number of hydrogen-bond acceptors (Lipinski definition) is 4. The van der Waals surface area contributed by atoms with Gasteiger partial charge in [0.1, 0.15) is 0 Å². The summed E-state index contributed by atoms with van der Waals surface area (Å²) in [7, 11) is 0. The van der Waals surface area contributed by atoms with Crippen molar-refractivity contribution in [1.29, 1.82) is 0 Å². The van der Waals surface area contributed by atoms with Crippen LogP contribution in [-0.4, -0.2) is 59.2 Å². The van der Waals surface area contributed by atoms with E-state index in [4.69, 9.17) is 23.1 Å². The van der Waals surface area contributed by atoms with Crippen LogP contribution >= 0.6 is 12.2 Å². The maximum Gasteiger partial charge on any atom is 0.0771 e. The molecule has 0 radical (unpaired) electrons. The highest BCUT2D eigenvalue weighted by Gasteiger charge is 2.17. The second kappa shape index (κ2) is 7.69. The summed E-state index contributed by atoms with van der Waals surface area (Å²) >= 11 is 5.02. The van der Waals surface area contributed by atoms with Crippen molar-refractivity contribution in [3.05, 3.63) is 35.4 Å². The third-order valence-corrected chi connectivity index (χ3v) is 3.90. The largest absolute Gasteiger partial charge is 0.395 e. The lowest BCUT2D eigenvalue weighted by molar-refractivity contribution is 0.108. The minimum Gasteiger partial charge on any atom is -0.395 e. The zero-order valence-corrected chi connectivity index (χ0v) is 12.6. The fourth-order valence-corrected chi connectivity index (χ4v) is 2.78. The number of aliphatic hydroxyl groups is 1. The molecule has 0 unspecified atom stereocenters. The first-order valence-corrected chi connectivity index (χ1v) is 7.50. The molecule has 1 heterocycles. The van der Waals surface area contributed by atoms with Crippen LogP contribution in [0.3, 0.4) is 0 Å². The molecule has 0 aliphatic carbocycles. The number of aliphatic hydroxyl groups excluding tert-OH is 1. The molecule has 0 spiro atoms. The van der Waals surface area contributed by atoms with Crippen LogP contribution in [0.15, 0.2) is 24.3 Å². The van der Waals surface area contributed by atoms with Gasteiger partial charge in [0.15, 0.2) is 0 Å². The van der Waals surface area contributed by atoms with Crippen LogP contribution in [0, 0.1) is 0 Å². The molecule has 20 heavy (non-hydrogen) atoms. The number of benzene rings is 1. The molecule has 1 aromatic rings. The fourth-order valence-electron chi connectivity index (χ4n) is 2.63. The molecule has 0 saturated carbocycles. The van der Waals surface area contributed by atoms with Gasteiger partial charge in [-0.3, -0.25) is 9.80 Å². The maximum absolute atomic E-state index is 8.96. The van der Waals surface area contributed by atoms with Gasteiger partial charge in [-0.25, -0.2) is 0 Å². The van der Waals surface area contributed by atoms with Crippen molar-refractivity contribution in [1.82, 2.24) is 9.80 Å². The van der Waals surface area contributed by atoms with Gasteiger partial charge >= 0.3 is 0 Å². The molecule has 110 valence electrons. The van der Waals surface area contributed by atoms with Crippen molar-refractivity contribution < 1.29 is 5.11 Å². The Kier molecular flexibility index (Phi) is 5.91. The summed E-state index contributed by atoms with van der Waals surface area (Å²) in [6.45, 7) is 6.12. The third-order valence-electron chi connectivity index (χ3n) is 3.76. The van der Waals surface area contributed by atoms with Gasteiger partial charge in [0, 0.05) is 45.7 Å². The van der Waals surface area contributed by atoms with Crippen LogP contribution in [0.4, 0.5) is 0 Å². The van der Waals surface area contributed by atoms with Crippen LogP contribution in [0.5, 0.6) is 0 Å². The second-order valence-electron chi connectivity index (χ2n) is 5.25. The fraction of sp³-hybridized carbons (Fsp3) is 0.533. The SMILES string of the molecule is NC(=S)Cc1ccccc1CN1CCN(CCO)CC1. The molecule has 4 nitrogen and oxygen atoms in total. The Morgan fingerprint density at radius 2 is 1.70 bits per heavy atom. The van der Waals surface area contributed by atoms with E-state index in [1.54, 1.807) is 0 Å². The molecule has 1 aliphatic rings. The van der Waals surface area contributed by atoms with Gasteiger partial charge in [-0.05, 0) is 11.1 Å². The highest BCUT2D eigenvalue weighted by atomic mass is 32.1. The van der Waals surface area contributed by atoms with Crippen molar-refractivity contribution in [3.8, 4) is 0 Å². The highest BCUT2D eigenvalue weighted by molar-refractivity contribution is 7.80. The summed E-state index contributed by atoms with van der Waals surface area (Å²) in [6, 6.07) is 8.38. The van der Waals surface area contributed by atoms with Crippen molar-refractivity contribution in [2.75, 3.05) is 39.3 Å². The van der Waals surface area contributed by atoms with Crippen molar-refractivity contribution in [2.24, 2.45) is 5.73 Å². The second-order valence-corrected chi connectivity index (χ2v) is 5.78. The van der Waals surface area contributed by atoms with E-state index in [1.807, 2.05) is 6.07 Å². The standard InChI is InChI=1S/C15H23N3OS/c16-15(20)11-13-3-1-2-4-14(13)12-18-7-5-17(6-8-18)9-10-19/h1-4,19H,5-12H2,(H2,16,20). The Morgan fingerprint density at radius 1 is 1.10 bits per heavy atom. The number of nitrogens with two attached hydrogens (primary N) is 1. The van der Waals surface area contributed by atoms with Crippen LogP contribution in [0.1, 0.15) is 11.1 Å². The van der Waals surface area contributed by atoms with Gasteiger partial charge < -0.3 is 10.8 Å². The first kappa shape index (κ1) is 15.4. The van der Waals surface area contributed by atoms with Gasteiger partial charge in [-0.1, -0.05) is 36.5 Å². The van der Waals surface area contributed by atoms with E-state index in [2.05, 4.69) is 28.0 Å². The lowest BCUT2D eigenvalue weighted by atomic mass is 10.0. The zero-order chi connectivity index (χ0) is 14.4. The van der Waals surface area contributed by atoms with Crippen molar-refractivity contribution in [3.63, 3.8) is 0 Å². The Morgan fingerprint density at radius 3 is 2.30 bits per heavy atom. The molecule has 0 aromatic heterocycles. The molecule has 1 saturated heterocycles. The Hall–Kier alpha value is -1.01. The molecule has 0 amide bonds. The number of nitrogens with zero attached hydrogens (tertiary/aromatic N) is 2. The zero-order valence-electron chi connectivity index (χ0n) is 11.8. The molecule has 1 aromatic carbocycles. The average Bonchev–Trinajstić information content (AvgIpc) is 2.43. The predicted octanol–water partition coefficient (Wildman–Crippen LogP) is 0.625.